The fourth-order valence-electron chi connectivity index (χ4n) is 3.63. The molecule has 180 valence electrons. The van der Waals surface area contributed by atoms with Crippen molar-refractivity contribution in [2.24, 2.45) is 5.10 Å². The van der Waals surface area contributed by atoms with Crippen molar-refractivity contribution in [2.45, 2.75) is 12.5 Å². The van der Waals surface area contributed by atoms with Crippen LogP contribution in [0.25, 0.3) is 6.08 Å². The highest BCUT2D eigenvalue weighted by molar-refractivity contribution is 6.30. The van der Waals surface area contributed by atoms with E-state index in [4.69, 9.17) is 30.2 Å². The highest BCUT2D eigenvalue weighted by Gasteiger charge is 2.35. The lowest BCUT2D eigenvalue weighted by Crippen LogP contribution is -2.31. The standard InChI is InChI=1S/C26H23ClN2O6/c1-32-23-11-5-17(14-24(23)33-2)6-12-26(31)35-16-25(30)29-21(22-4-3-13-34-22)15-20(28-29)18-7-9-19(27)10-8-18/h3-14,21H,15-16H2,1-2H3/b12-6+. The van der Waals surface area contributed by atoms with E-state index in [1.165, 1.54) is 24.5 Å². The number of carbonyl (C=O) groups is 2. The van der Waals surface area contributed by atoms with Crippen LogP contribution in [0.4, 0.5) is 0 Å². The molecule has 0 N–H and O–H groups in total. The summed E-state index contributed by atoms with van der Waals surface area (Å²) in [6.07, 6.45) is 4.79. The molecule has 0 bridgehead atoms. The molecule has 8 nitrogen and oxygen atoms in total. The number of esters is 1. The van der Waals surface area contributed by atoms with Crippen LogP contribution < -0.4 is 9.47 Å². The summed E-state index contributed by atoms with van der Waals surface area (Å²) in [6, 6.07) is 15.5. The second kappa shape index (κ2) is 10.9. The number of amides is 1. The van der Waals surface area contributed by atoms with Crippen LogP contribution >= 0.6 is 11.6 Å². The molecule has 9 heteroatoms. The van der Waals surface area contributed by atoms with Gasteiger partial charge in [0.05, 0.1) is 26.2 Å². The Hall–Kier alpha value is -4.04. The van der Waals surface area contributed by atoms with Gasteiger partial charge < -0.3 is 18.6 Å². The summed E-state index contributed by atoms with van der Waals surface area (Å²) in [5.74, 6) is 0.566. The van der Waals surface area contributed by atoms with Gasteiger partial charge in [-0.3, -0.25) is 4.79 Å². The average molecular weight is 495 g/mol. The molecular weight excluding hydrogens is 472 g/mol. The second-order valence-corrected chi connectivity index (χ2v) is 8.02. The third kappa shape index (κ3) is 5.73. The van der Waals surface area contributed by atoms with Gasteiger partial charge in [0.15, 0.2) is 18.1 Å². The SMILES string of the molecule is COc1ccc(/C=C/C(=O)OCC(=O)N2N=C(c3ccc(Cl)cc3)CC2c2ccco2)cc1OC. The molecule has 4 rings (SSSR count). The van der Waals surface area contributed by atoms with E-state index in [9.17, 15) is 9.59 Å². The lowest BCUT2D eigenvalue weighted by molar-refractivity contribution is -0.149. The predicted octanol–water partition coefficient (Wildman–Crippen LogP) is 4.88. The number of furan rings is 1. The van der Waals surface area contributed by atoms with Gasteiger partial charge in [0.1, 0.15) is 11.8 Å². The summed E-state index contributed by atoms with van der Waals surface area (Å²) in [5, 5.41) is 6.40. The Morgan fingerprint density at radius 1 is 1.11 bits per heavy atom. The number of carbonyl (C=O) groups excluding carboxylic acids is 2. The Morgan fingerprint density at radius 2 is 1.89 bits per heavy atom. The van der Waals surface area contributed by atoms with Crippen molar-refractivity contribution >= 4 is 35.3 Å². The first kappa shape index (κ1) is 24.1. The maximum atomic E-state index is 12.9. The maximum absolute atomic E-state index is 12.9. The molecule has 0 radical (unpaired) electrons. The minimum Gasteiger partial charge on any atom is -0.493 e. The summed E-state index contributed by atoms with van der Waals surface area (Å²) in [6.45, 7) is -0.469. The summed E-state index contributed by atoms with van der Waals surface area (Å²) >= 11 is 5.99. The zero-order valence-corrected chi connectivity index (χ0v) is 19.9. The van der Waals surface area contributed by atoms with Crippen LogP contribution in [0.1, 0.15) is 29.3 Å². The molecule has 35 heavy (non-hydrogen) atoms. The summed E-state index contributed by atoms with van der Waals surface area (Å²) in [5.41, 5.74) is 2.26. The van der Waals surface area contributed by atoms with E-state index in [0.29, 0.717) is 40.0 Å². The first-order chi connectivity index (χ1) is 17.0. The van der Waals surface area contributed by atoms with Crippen molar-refractivity contribution in [2.75, 3.05) is 20.8 Å². The Balaban J connectivity index is 1.42. The smallest absolute Gasteiger partial charge is 0.331 e. The molecular formula is C26H23ClN2O6. The van der Waals surface area contributed by atoms with E-state index in [2.05, 4.69) is 5.10 Å². The molecule has 3 aromatic rings. The van der Waals surface area contributed by atoms with Gasteiger partial charge in [0, 0.05) is 17.5 Å². The van der Waals surface area contributed by atoms with Gasteiger partial charge in [-0.05, 0) is 53.6 Å². The van der Waals surface area contributed by atoms with Crippen LogP contribution in [0.15, 0.2) is 76.5 Å². The molecule has 1 aliphatic rings. The van der Waals surface area contributed by atoms with Crippen molar-refractivity contribution in [1.82, 2.24) is 5.01 Å². The molecule has 1 amide bonds. The van der Waals surface area contributed by atoms with Crippen LogP contribution in [-0.2, 0) is 14.3 Å². The van der Waals surface area contributed by atoms with Crippen molar-refractivity contribution in [1.29, 1.82) is 0 Å². The maximum Gasteiger partial charge on any atom is 0.331 e. The number of ether oxygens (including phenoxy) is 3. The molecule has 0 fully saturated rings. The number of halogens is 1. The molecule has 0 spiro atoms. The quantitative estimate of drug-likeness (QED) is 0.327. The second-order valence-electron chi connectivity index (χ2n) is 7.58. The molecule has 1 unspecified atom stereocenters. The molecule has 1 aromatic heterocycles. The third-order valence-electron chi connectivity index (χ3n) is 5.37. The normalized spacial score (nSPS) is 15.2. The van der Waals surface area contributed by atoms with Crippen molar-refractivity contribution in [3.63, 3.8) is 0 Å². The van der Waals surface area contributed by atoms with Gasteiger partial charge in [-0.25, -0.2) is 9.80 Å². The van der Waals surface area contributed by atoms with E-state index < -0.39 is 24.5 Å². The Labute approximate surface area is 207 Å². The number of methoxy groups -OCH3 is 2. The van der Waals surface area contributed by atoms with Gasteiger partial charge in [0.25, 0.3) is 5.91 Å². The largest absolute Gasteiger partial charge is 0.493 e. The van der Waals surface area contributed by atoms with Crippen molar-refractivity contribution < 1.29 is 28.2 Å². The summed E-state index contributed by atoms with van der Waals surface area (Å²) in [4.78, 5) is 25.2. The molecule has 0 saturated heterocycles. The zero-order chi connectivity index (χ0) is 24.8. The van der Waals surface area contributed by atoms with E-state index in [0.717, 1.165) is 5.56 Å². The summed E-state index contributed by atoms with van der Waals surface area (Å²) in [7, 11) is 3.07. The number of hydrazone groups is 1. The Kier molecular flexibility index (Phi) is 7.52. The van der Waals surface area contributed by atoms with Gasteiger partial charge in [0.2, 0.25) is 0 Å². The van der Waals surface area contributed by atoms with Crippen LogP contribution in [0, 0.1) is 0 Å². The highest BCUT2D eigenvalue weighted by Crippen LogP contribution is 2.33. The zero-order valence-electron chi connectivity index (χ0n) is 19.1. The summed E-state index contributed by atoms with van der Waals surface area (Å²) < 4.78 is 21.2. The molecule has 1 atom stereocenters. The minimum atomic E-state index is -0.663. The van der Waals surface area contributed by atoms with Gasteiger partial charge >= 0.3 is 5.97 Å². The van der Waals surface area contributed by atoms with Crippen LogP contribution in [0.2, 0.25) is 5.02 Å². The van der Waals surface area contributed by atoms with Crippen molar-refractivity contribution in [3.8, 4) is 11.5 Å². The number of hydrogen-bond acceptors (Lipinski definition) is 7. The highest BCUT2D eigenvalue weighted by atomic mass is 35.5. The number of nitrogens with zero attached hydrogens (tertiary/aromatic N) is 2. The number of hydrogen-bond donors (Lipinski definition) is 0. The average Bonchev–Trinajstić information content (AvgIpc) is 3.56. The van der Waals surface area contributed by atoms with Crippen LogP contribution in [0.5, 0.6) is 11.5 Å². The first-order valence-electron chi connectivity index (χ1n) is 10.7. The molecule has 1 aliphatic heterocycles. The molecule has 0 aliphatic carbocycles. The monoisotopic (exact) mass is 494 g/mol. The third-order valence-corrected chi connectivity index (χ3v) is 5.62. The lowest BCUT2D eigenvalue weighted by Gasteiger charge is -2.19. The van der Waals surface area contributed by atoms with E-state index >= 15 is 0 Å². The van der Waals surface area contributed by atoms with E-state index in [-0.39, 0.29) is 0 Å². The Bertz CT molecular complexity index is 1250. The van der Waals surface area contributed by atoms with Crippen LogP contribution in [-0.4, -0.2) is 43.4 Å². The minimum absolute atomic E-state index is 0.441. The van der Waals surface area contributed by atoms with E-state index in [1.807, 2.05) is 12.1 Å². The van der Waals surface area contributed by atoms with Gasteiger partial charge in [-0.1, -0.05) is 29.8 Å². The predicted molar refractivity (Wildman–Crippen MR) is 130 cm³/mol. The van der Waals surface area contributed by atoms with Gasteiger partial charge in [-0.2, -0.15) is 5.10 Å². The number of rotatable bonds is 8. The van der Waals surface area contributed by atoms with E-state index in [1.54, 1.807) is 55.7 Å². The van der Waals surface area contributed by atoms with Crippen molar-refractivity contribution in [3.05, 3.63) is 88.8 Å². The van der Waals surface area contributed by atoms with Gasteiger partial charge in [-0.15, -0.1) is 0 Å². The fraction of sp³-hybridized carbons (Fsp3) is 0.192. The Morgan fingerprint density at radius 3 is 2.57 bits per heavy atom. The first-order valence-corrected chi connectivity index (χ1v) is 11.1. The fourth-order valence-corrected chi connectivity index (χ4v) is 3.75. The number of benzene rings is 2. The topological polar surface area (TPSA) is 90.6 Å². The molecule has 2 aromatic carbocycles. The van der Waals surface area contributed by atoms with Crippen LogP contribution in [0.3, 0.4) is 0 Å². The molecule has 2 heterocycles. The lowest BCUT2D eigenvalue weighted by atomic mass is 10.0. The molecule has 0 saturated carbocycles.